The van der Waals surface area contributed by atoms with E-state index in [4.69, 9.17) is 16.7 Å². The van der Waals surface area contributed by atoms with Crippen molar-refractivity contribution in [1.29, 1.82) is 0 Å². The Morgan fingerprint density at radius 2 is 1.90 bits per heavy atom. The van der Waals surface area contributed by atoms with Crippen LogP contribution in [0.15, 0.2) is 24.3 Å². The maximum absolute atomic E-state index is 6.03. The number of benzene rings is 1. The highest BCUT2D eigenvalue weighted by Crippen LogP contribution is 2.29. The first kappa shape index (κ1) is 14.6. The van der Waals surface area contributed by atoms with Gasteiger partial charge in [0.1, 0.15) is 0 Å². The normalized spacial score (nSPS) is 15.0. The van der Waals surface area contributed by atoms with Crippen molar-refractivity contribution < 1.29 is 0 Å². The van der Waals surface area contributed by atoms with Crippen LogP contribution in [0.1, 0.15) is 25.1 Å². The Morgan fingerprint density at radius 1 is 1.19 bits per heavy atom. The average molecular weight is 304 g/mol. The van der Waals surface area contributed by atoms with E-state index in [-0.39, 0.29) is 0 Å². The van der Waals surface area contributed by atoms with Gasteiger partial charge < -0.3 is 5.32 Å². The van der Waals surface area contributed by atoms with Crippen LogP contribution in [-0.2, 0) is 19.4 Å². The van der Waals surface area contributed by atoms with Gasteiger partial charge in [-0.25, -0.2) is 0 Å². The molecule has 2 heterocycles. The van der Waals surface area contributed by atoms with Crippen LogP contribution in [-0.4, -0.2) is 22.9 Å². The molecule has 0 saturated heterocycles. The van der Waals surface area contributed by atoms with E-state index >= 15 is 0 Å². The Hall–Kier alpha value is -1.32. The minimum atomic E-state index is 0.581. The molecule has 0 aliphatic carbocycles. The summed E-state index contributed by atoms with van der Waals surface area (Å²) in [6.45, 7) is 7.48. The smallest absolute Gasteiger partial charge is 0.0717 e. The highest BCUT2D eigenvalue weighted by atomic mass is 35.5. The minimum absolute atomic E-state index is 0.581. The number of hydrogen-bond acceptors (Lipinski definition) is 2. The molecule has 3 nitrogen and oxygen atoms in total. The highest BCUT2D eigenvalue weighted by molar-refractivity contribution is 6.30. The molecular weight excluding hydrogens is 282 g/mol. The second-order valence-corrected chi connectivity index (χ2v) is 6.54. The van der Waals surface area contributed by atoms with Gasteiger partial charge in [0.2, 0.25) is 0 Å². The van der Waals surface area contributed by atoms with E-state index < -0.39 is 0 Å². The van der Waals surface area contributed by atoms with Crippen LogP contribution in [0.4, 0.5) is 0 Å². The van der Waals surface area contributed by atoms with Gasteiger partial charge in [-0.1, -0.05) is 37.6 Å². The number of nitrogens with one attached hydrogen (secondary N) is 1. The maximum Gasteiger partial charge on any atom is 0.0717 e. The molecule has 0 atom stereocenters. The predicted octanol–water partition coefficient (Wildman–Crippen LogP) is 3.55. The summed E-state index contributed by atoms with van der Waals surface area (Å²) in [6.07, 6.45) is 2.06. The largest absolute Gasteiger partial charge is 0.316 e. The molecule has 1 N–H and O–H groups in total. The summed E-state index contributed by atoms with van der Waals surface area (Å²) < 4.78 is 2.20. The van der Waals surface area contributed by atoms with Gasteiger partial charge in [-0.05, 0) is 31.0 Å². The van der Waals surface area contributed by atoms with Crippen molar-refractivity contribution in [2.24, 2.45) is 5.92 Å². The van der Waals surface area contributed by atoms with Crippen molar-refractivity contribution in [3.8, 4) is 11.3 Å². The quantitative estimate of drug-likeness (QED) is 0.940. The first-order valence-corrected chi connectivity index (χ1v) is 8.08. The second-order valence-electron chi connectivity index (χ2n) is 6.11. The average Bonchev–Trinajstić information content (AvgIpc) is 2.62. The van der Waals surface area contributed by atoms with Gasteiger partial charge in [-0.15, -0.1) is 0 Å². The molecule has 0 saturated carbocycles. The van der Waals surface area contributed by atoms with Gasteiger partial charge in [0.15, 0.2) is 0 Å². The molecule has 0 fully saturated rings. The van der Waals surface area contributed by atoms with Crippen LogP contribution in [0.5, 0.6) is 0 Å². The topological polar surface area (TPSA) is 29.9 Å². The van der Waals surface area contributed by atoms with E-state index in [2.05, 4.69) is 36.0 Å². The van der Waals surface area contributed by atoms with Crippen molar-refractivity contribution in [3.63, 3.8) is 0 Å². The van der Waals surface area contributed by atoms with Crippen molar-refractivity contribution in [3.05, 3.63) is 40.5 Å². The molecule has 0 radical (unpaired) electrons. The number of aromatic nitrogens is 2. The number of hydrogen-bond donors (Lipinski definition) is 1. The van der Waals surface area contributed by atoms with Crippen LogP contribution in [0.25, 0.3) is 11.3 Å². The summed E-state index contributed by atoms with van der Waals surface area (Å²) in [5, 5.41) is 9.13. The Kier molecular flexibility index (Phi) is 4.32. The van der Waals surface area contributed by atoms with Gasteiger partial charge in [-0.3, -0.25) is 4.68 Å². The summed E-state index contributed by atoms with van der Waals surface area (Å²) in [4.78, 5) is 0. The lowest BCUT2D eigenvalue weighted by molar-refractivity contribution is 0.482. The van der Waals surface area contributed by atoms with Crippen molar-refractivity contribution in [2.75, 3.05) is 13.1 Å². The van der Waals surface area contributed by atoms with Crippen molar-refractivity contribution >= 4 is 11.6 Å². The lowest BCUT2D eigenvalue weighted by Crippen LogP contribution is -2.17. The summed E-state index contributed by atoms with van der Waals surface area (Å²) >= 11 is 6.03. The summed E-state index contributed by atoms with van der Waals surface area (Å²) in [5.41, 5.74) is 5.16. The monoisotopic (exact) mass is 303 g/mol. The van der Waals surface area contributed by atoms with Crippen LogP contribution in [0, 0.1) is 5.92 Å². The van der Waals surface area contributed by atoms with Crippen LogP contribution >= 0.6 is 11.6 Å². The van der Waals surface area contributed by atoms with E-state index in [1.807, 2.05) is 12.1 Å². The first-order chi connectivity index (χ1) is 10.1. The molecule has 1 aromatic carbocycles. The standard InChI is InChI=1S/C17H22ClN3/c1-12(2)11-21-17(13-3-5-14(18)6-4-13)15-7-9-19-10-8-16(15)20-21/h3-6,12,19H,7-11H2,1-2H3. The molecule has 1 aliphatic rings. The second kappa shape index (κ2) is 6.20. The van der Waals surface area contributed by atoms with Crippen molar-refractivity contribution in [1.82, 2.24) is 15.1 Å². The highest BCUT2D eigenvalue weighted by Gasteiger charge is 2.20. The van der Waals surface area contributed by atoms with E-state index in [0.717, 1.165) is 37.5 Å². The van der Waals surface area contributed by atoms with Crippen LogP contribution in [0.3, 0.4) is 0 Å². The lowest BCUT2D eigenvalue weighted by Gasteiger charge is -2.12. The zero-order valence-corrected chi connectivity index (χ0v) is 13.5. The summed E-state index contributed by atoms with van der Waals surface area (Å²) in [5.74, 6) is 0.581. The molecule has 112 valence electrons. The number of rotatable bonds is 3. The minimum Gasteiger partial charge on any atom is -0.316 e. The van der Waals surface area contributed by atoms with Gasteiger partial charge in [0.05, 0.1) is 11.4 Å². The van der Waals surface area contributed by atoms with Crippen LogP contribution in [0.2, 0.25) is 5.02 Å². The third-order valence-corrected chi connectivity index (χ3v) is 4.13. The predicted molar refractivity (Wildman–Crippen MR) is 87.8 cm³/mol. The fraction of sp³-hybridized carbons (Fsp3) is 0.471. The molecule has 4 heteroatoms. The van der Waals surface area contributed by atoms with E-state index in [1.54, 1.807) is 0 Å². The SMILES string of the molecule is CC(C)Cn1nc2c(c1-c1ccc(Cl)cc1)CCNCC2. The van der Waals surface area contributed by atoms with E-state index in [9.17, 15) is 0 Å². The van der Waals surface area contributed by atoms with Gasteiger partial charge in [-0.2, -0.15) is 5.10 Å². The third kappa shape index (κ3) is 3.14. The molecule has 0 bridgehead atoms. The fourth-order valence-electron chi connectivity index (χ4n) is 2.97. The van der Waals surface area contributed by atoms with E-state index in [1.165, 1.54) is 22.5 Å². The molecule has 21 heavy (non-hydrogen) atoms. The summed E-state index contributed by atoms with van der Waals surface area (Å²) in [7, 11) is 0. The number of halogens is 1. The van der Waals surface area contributed by atoms with E-state index in [0.29, 0.717) is 5.92 Å². The zero-order chi connectivity index (χ0) is 14.8. The molecular formula is C17H22ClN3. The van der Waals surface area contributed by atoms with Gasteiger partial charge in [0.25, 0.3) is 0 Å². The van der Waals surface area contributed by atoms with Crippen LogP contribution < -0.4 is 5.32 Å². The third-order valence-electron chi connectivity index (χ3n) is 3.88. The fourth-order valence-corrected chi connectivity index (χ4v) is 3.09. The Bertz CT molecular complexity index is 614. The molecule has 1 aliphatic heterocycles. The van der Waals surface area contributed by atoms with Crippen molar-refractivity contribution in [2.45, 2.75) is 33.2 Å². The number of fused-ring (bicyclic) bond motifs is 1. The lowest BCUT2D eigenvalue weighted by atomic mass is 10.0. The molecule has 0 spiro atoms. The van der Waals surface area contributed by atoms with Gasteiger partial charge in [0, 0.05) is 35.7 Å². The Balaban J connectivity index is 2.10. The zero-order valence-electron chi connectivity index (χ0n) is 12.7. The van der Waals surface area contributed by atoms with Gasteiger partial charge >= 0.3 is 0 Å². The number of nitrogens with zero attached hydrogens (tertiary/aromatic N) is 2. The molecule has 0 unspecified atom stereocenters. The first-order valence-electron chi connectivity index (χ1n) is 7.70. The molecule has 2 aromatic rings. The Labute approximate surface area is 131 Å². The Morgan fingerprint density at radius 3 is 2.62 bits per heavy atom. The molecule has 1 aromatic heterocycles. The molecule has 0 amide bonds. The molecule has 3 rings (SSSR count). The maximum atomic E-state index is 6.03. The summed E-state index contributed by atoms with van der Waals surface area (Å²) in [6, 6.07) is 8.14.